The Morgan fingerprint density at radius 2 is 1.75 bits per heavy atom. The van der Waals surface area contributed by atoms with Crippen LogP contribution in [0.1, 0.15) is 0 Å². The van der Waals surface area contributed by atoms with E-state index in [1.165, 1.54) is 31.3 Å². The molecule has 0 radical (unpaired) electrons. The molecule has 0 spiro atoms. The standard InChI is InChI=1S/C15H18ClN3O5/c1-23-12-8-11(13(24-2)7-10(12)16)17-14(21)15(22)19-5-3-18(9-20)4-6-19/h7-9H,3-6H2,1-2H3,(H,17,21). The molecule has 0 bridgehead atoms. The summed E-state index contributed by atoms with van der Waals surface area (Å²) in [5.74, 6) is -0.804. The topological polar surface area (TPSA) is 88.2 Å². The second-order valence-electron chi connectivity index (χ2n) is 5.07. The number of hydrogen-bond donors (Lipinski definition) is 1. The van der Waals surface area contributed by atoms with Gasteiger partial charge in [-0.3, -0.25) is 14.4 Å². The van der Waals surface area contributed by atoms with Crippen molar-refractivity contribution < 1.29 is 23.9 Å². The molecule has 3 amide bonds. The first-order valence-electron chi connectivity index (χ1n) is 7.21. The Balaban J connectivity index is 2.09. The van der Waals surface area contributed by atoms with Gasteiger partial charge in [0.05, 0.1) is 24.9 Å². The first kappa shape index (κ1) is 17.9. The molecule has 0 atom stereocenters. The summed E-state index contributed by atoms with van der Waals surface area (Å²) < 4.78 is 10.3. The van der Waals surface area contributed by atoms with Crippen LogP contribution in [0.15, 0.2) is 12.1 Å². The molecule has 2 rings (SSSR count). The first-order valence-corrected chi connectivity index (χ1v) is 7.59. The number of halogens is 1. The summed E-state index contributed by atoms with van der Waals surface area (Å²) in [5, 5.41) is 2.83. The summed E-state index contributed by atoms with van der Waals surface area (Å²) in [6.45, 7) is 1.43. The van der Waals surface area contributed by atoms with Crippen molar-refractivity contribution >= 4 is 35.5 Å². The number of anilines is 1. The van der Waals surface area contributed by atoms with Crippen molar-refractivity contribution in [3.05, 3.63) is 17.2 Å². The number of carbonyl (C=O) groups excluding carboxylic acids is 3. The normalized spacial score (nSPS) is 14.1. The summed E-state index contributed by atoms with van der Waals surface area (Å²) in [6, 6.07) is 2.97. The zero-order valence-electron chi connectivity index (χ0n) is 13.4. The third-order valence-electron chi connectivity index (χ3n) is 3.67. The maximum absolute atomic E-state index is 12.2. The van der Waals surface area contributed by atoms with Gasteiger partial charge in [0.1, 0.15) is 11.5 Å². The maximum atomic E-state index is 12.2. The van der Waals surface area contributed by atoms with Gasteiger partial charge in [-0.15, -0.1) is 0 Å². The van der Waals surface area contributed by atoms with Crippen LogP contribution >= 0.6 is 11.6 Å². The van der Waals surface area contributed by atoms with Crippen LogP contribution < -0.4 is 14.8 Å². The van der Waals surface area contributed by atoms with E-state index in [0.717, 1.165) is 6.41 Å². The molecule has 1 aromatic carbocycles. The molecule has 9 heteroatoms. The molecular weight excluding hydrogens is 338 g/mol. The van der Waals surface area contributed by atoms with E-state index in [4.69, 9.17) is 21.1 Å². The number of hydrogen-bond acceptors (Lipinski definition) is 5. The predicted molar refractivity (Wildman–Crippen MR) is 87.4 cm³/mol. The van der Waals surface area contributed by atoms with Gasteiger partial charge in [0.25, 0.3) is 0 Å². The summed E-state index contributed by atoms with van der Waals surface area (Å²) in [5.41, 5.74) is 0.281. The van der Waals surface area contributed by atoms with Crippen LogP contribution in [0, 0.1) is 0 Å². The van der Waals surface area contributed by atoms with Gasteiger partial charge in [0.2, 0.25) is 6.41 Å². The molecule has 0 aliphatic carbocycles. The smallest absolute Gasteiger partial charge is 0.314 e. The van der Waals surface area contributed by atoms with Gasteiger partial charge in [-0.05, 0) is 0 Å². The Hall–Kier alpha value is -2.48. The molecule has 1 heterocycles. The van der Waals surface area contributed by atoms with Crippen molar-refractivity contribution in [3.63, 3.8) is 0 Å². The molecule has 8 nitrogen and oxygen atoms in total. The lowest BCUT2D eigenvalue weighted by atomic mass is 10.2. The Labute approximate surface area is 144 Å². The zero-order valence-corrected chi connectivity index (χ0v) is 14.1. The molecule has 1 fully saturated rings. The molecule has 1 saturated heterocycles. The predicted octanol–water partition coefficient (Wildman–Crippen LogP) is 0.596. The highest BCUT2D eigenvalue weighted by Gasteiger charge is 2.26. The van der Waals surface area contributed by atoms with Crippen molar-refractivity contribution in [1.29, 1.82) is 0 Å². The maximum Gasteiger partial charge on any atom is 0.314 e. The molecule has 1 aliphatic heterocycles. The number of carbonyl (C=O) groups is 3. The van der Waals surface area contributed by atoms with Gasteiger partial charge in [-0.1, -0.05) is 11.6 Å². The summed E-state index contributed by atoms with van der Waals surface area (Å²) in [4.78, 5) is 38.1. The highest BCUT2D eigenvalue weighted by atomic mass is 35.5. The van der Waals surface area contributed by atoms with Crippen molar-refractivity contribution in [3.8, 4) is 11.5 Å². The fourth-order valence-corrected chi connectivity index (χ4v) is 2.54. The van der Waals surface area contributed by atoms with Crippen molar-refractivity contribution in [1.82, 2.24) is 9.80 Å². The van der Waals surface area contributed by atoms with Crippen molar-refractivity contribution in [2.75, 3.05) is 45.7 Å². The lowest BCUT2D eigenvalue weighted by Gasteiger charge is -2.32. The molecule has 0 aromatic heterocycles. The van der Waals surface area contributed by atoms with Crippen LogP contribution in [0.2, 0.25) is 5.02 Å². The summed E-state index contributed by atoms with van der Waals surface area (Å²) >= 11 is 6.00. The fourth-order valence-electron chi connectivity index (χ4n) is 2.31. The minimum atomic E-state index is -0.794. The highest BCUT2D eigenvalue weighted by Crippen LogP contribution is 2.35. The number of nitrogens with one attached hydrogen (secondary N) is 1. The Morgan fingerprint density at radius 1 is 1.12 bits per heavy atom. The zero-order chi connectivity index (χ0) is 17.7. The van der Waals surface area contributed by atoms with Crippen LogP contribution in [0.3, 0.4) is 0 Å². The van der Waals surface area contributed by atoms with Crippen LogP contribution in [0.4, 0.5) is 5.69 Å². The number of rotatable bonds is 4. The van der Waals surface area contributed by atoms with Crippen molar-refractivity contribution in [2.24, 2.45) is 0 Å². The number of piperazine rings is 1. The quantitative estimate of drug-likeness (QED) is 0.631. The molecule has 0 unspecified atom stereocenters. The fraction of sp³-hybridized carbons (Fsp3) is 0.400. The Bertz CT molecular complexity index is 644. The van der Waals surface area contributed by atoms with E-state index in [2.05, 4.69) is 5.32 Å². The van der Waals surface area contributed by atoms with Gasteiger partial charge in [0, 0.05) is 38.3 Å². The minimum Gasteiger partial charge on any atom is -0.495 e. The molecule has 24 heavy (non-hydrogen) atoms. The van der Waals surface area contributed by atoms with E-state index in [1.54, 1.807) is 4.90 Å². The number of ether oxygens (including phenoxy) is 2. The second kappa shape index (κ2) is 7.87. The number of benzene rings is 1. The van der Waals surface area contributed by atoms with E-state index >= 15 is 0 Å². The lowest BCUT2D eigenvalue weighted by Crippen LogP contribution is -2.51. The van der Waals surface area contributed by atoms with E-state index in [1.807, 2.05) is 0 Å². The average molecular weight is 356 g/mol. The highest BCUT2D eigenvalue weighted by molar-refractivity contribution is 6.40. The molecule has 0 saturated carbocycles. The molecule has 130 valence electrons. The Morgan fingerprint density at radius 3 is 2.29 bits per heavy atom. The van der Waals surface area contributed by atoms with E-state index in [-0.39, 0.29) is 5.69 Å². The van der Waals surface area contributed by atoms with Gasteiger partial charge in [-0.2, -0.15) is 0 Å². The van der Waals surface area contributed by atoms with E-state index in [0.29, 0.717) is 42.7 Å². The van der Waals surface area contributed by atoms with Crippen LogP contribution in [0.25, 0.3) is 0 Å². The largest absolute Gasteiger partial charge is 0.495 e. The van der Waals surface area contributed by atoms with E-state index < -0.39 is 11.8 Å². The number of amides is 3. The van der Waals surface area contributed by atoms with Crippen molar-refractivity contribution in [2.45, 2.75) is 0 Å². The molecule has 1 aromatic rings. The van der Waals surface area contributed by atoms with Crippen LogP contribution in [-0.4, -0.2) is 68.4 Å². The number of nitrogens with zero attached hydrogens (tertiary/aromatic N) is 2. The summed E-state index contributed by atoms with van der Waals surface area (Å²) in [7, 11) is 2.87. The van der Waals surface area contributed by atoms with Gasteiger partial charge < -0.3 is 24.6 Å². The van der Waals surface area contributed by atoms with Gasteiger partial charge >= 0.3 is 11.8 Å². The second-order valence-corrected chi connectivity index (χ2v) is 5.48. The molecular formula is C15H18ClN3O5. The SMILES string of the molecule is COc1cc(NC(=O)C(=O)N2CCN(C=O)CC2)c(OC)cc1Cl. The monoisotopic (exact) mass is 355 g/mol. The lowest BCUT2D eigenvalue weighted by molar-refractivity contribution is -0.144. The average Bonchev–Trinajstić information content (AvgIpc) is 2.62. The first-order chi connectivity index (χ1) is 11.5. The van der Waals surface area contributed by atoms with Gasteiger partial charge in [-0.25, -0.2) is 0 Å². The van der Waals surface area contributed by atoms with Crippen LogP contribution in [0.5, 0.6) is 11.5 Å². The Kier molecular flexibility index (Phi) is 5.86. The summed E-state index contributed by atoms with van der Waals surface area (Å²) in [6.07, 6.45) is 0.729. The molecule has 1 aliphatic rings. The van der Waals surface area contributed by atoms with Gasteiger partial charge in [0.15, 0.2) is 0 Å². The molecule has 1 N–H and O–H groups in total. The third-order valence-corrected chi connectivity index (χ3v) is 3.96. The third kappa shape index (κ3) is 3.88. The van der Waals surface area contributed by atoms with Crippen LogP contribution in [-0.2, 0) is 14.4 Å². The van der Waals surface area contributed by atoms with E-state index in [9.17, 15) is 14.4 Å². The minimum absolute atomic E-state index is 0.281. The number of methoxy groups -OCH3 is 2.